The summed E-state index contributed by atoms with van der Waals surface area (Å²) in [4.78, 5) is 4.89. The van der Waals surface area contributed by atoms with Crippen LogP contribution in [0.5, 0.6) is 0 Å². The lowest BCUT2D eigenvalue weighted by Gasteiger charge is -2.28. The van der Waals surface area contributed by atoms with Gasteiger partial charge in [-0.2, -0.15) is 0 Å². The second-order valence-electron chi connectivity index (χ2n) is 13.8. The molecule has 1 heterocycles. The molecule has 51 heavy (non-hydrogen) atoms. The van der Waals surface area contributed by atoms with E-state index >= 15 is 0 Å². The third-order valence-electron chi connectivity index (χ3n) is 9.96. The van der Waals surface area contributed by atoms with Gasteiger partial charge in [-0.1, -0.05) is 97.1 Å². The monoisotopic (exact) mass is 674 g/mol. The molecule has 0 saturated carbocycles. The highest BCUT2D eigenvalue weighted by Crippen LogP contribution is 2.50. The van der Waals surface area contributed by atoms with E-state index in [2.05, 4.69) is 195 Å². The topological polar surface area (TPSA) is 6.48 Å². The number of thiophene rings is 1. The smallest absolute Gasteiger partial charge is 0.0547 e. The first-order valence-corrected chi connectivity index (χ1v) is 18.4. The largest absolute Gasteiger partial charge is 0.310 e. The van der Waals surface area contributed by atoms with Crippen LogP contribution in [-0.4, -0.2) is 0 Å². The molecule has 0 aliphatic heterocycles. The van der Waals surface area contributed by atoms with Gasteiger partial charge in [-0.15, -0.1) is 11.3 Å². The highest BCUT2D eigenvalue weighted by Gasteiger charge is 2.23. The maximum absolute atomic E-state index is 2.45. The first-order chi connectivity index (χ1) is 24.9. The molecule has 9 aromatic rings. The highest BCUT2D eigenvalue weighted by molar-refractivity contribution is 7.27. The predicted octanol–water partition coefficient (Wildman–Crippen LogP) is 14.5. The Morgan fingerprint density at radius 2 is 0.627 bits per heavy atom. The molecular weight excluding hydrogens is 637 g/mol. The fourth-order valence-electron chi connectivity index (χ4n) is 7.67. The fourth-order valence-corrected chi connectivity index (χ4v) is 9.01. The summed E-state index contributed by atoms with van der Waals surface area (Å²) in [5, 5.41) is 7.58. The number of fused-ring (bicyclic) bond motifs is 7. The van der Waals surface area contributed by atoms with Gasteiger partial charge in [-0.25, -0.2) is 0 Å². The minimum absolute atomic E-state index is 1.15. The zero-order valence-corrected chi connectivity index (χ0v) is 30.1. The number of benzene rings is 8. The first kappa shape index (κ1) is 31.1. The quantitative estimate of drug-likeness (QED) is 0.173. The average molecular weight is 675 g/mol. The summed E-state index contributed by atoms with van der Waals surface area (Å²) >= 11 is 1.92. The van der Waals surface area contributed by atoms with Crippen molar-refractivity contribution in [3.05, 3.63) is 180 Å². The molecule has 2 nitrogen and oxygen atoms in total. The van der Waals surface area contributed by atoms with Crippen molar-refractivity contribution in [2.75, 3.05) is 9.80 Å². The zero-order valence-electron chi connectivity index (χ0n) is 29.3. The lowest BCUT2D eigenvalue weighted by Crippen LogP contribution is -2.11. The van der Waals surface area contributed by atoms with Gasteiger partial charge in [0.2, 0.25) is 0 Å². The highest BCUT2D eigenvalue weighted by atomic mass is 32.1. The Labute approximate surface area is 303 Å². The predicted molar refractivity (Wildman–Crippen MR) is 223 cm³/mol. The number of hydrogen-bond donors (Lipinski definition) is 0. The van der Waals surface area contributed by atoms with Crippen LogP contribution in [0, 0.1) is 27.7 Å². The summed E-state index contributed by atoms with van der Waals surface area (Å²) in [6.07, 6.45) is 0. The number of rotatable bonds is 6. The summed E-state index contributed by atoms with van der Waals surface area (Å²) < 4.78 is 2.63. The van der Waals surface area contributed by atoms with Crippen molar-refractivity contribution in [1.82, 2.24) is 0 Å². The van der Waals surface area contributed by atoms with E-state index in [1.54, 1.807) is 0 Å². The Bertz CT molecular complexity index is 2490. The van der Waals surface area contributed by atoms with E-state index in [4.69, 9.17) is 0 Å². The molecule has 1 aromatic heterocycles. The van der Waals surface area contributed by atoms with E-state index in [-0.39, 0.29) is 0 Å². The molecule has 0 saturated heterocycles. The molecular formula is C48H38N2S. The molecule has 0 unspecified atom stereocenters. The summed E-state index contributed by atoms with van der Waals surface area (Å²) in [6, 6.07) is 58.2. The van der Waals surface area contributed by atoms with Crippen LogP contribution in [0.3, 0.4) is 0 Å². The van der Waals surface area contributed by atoms with Gasteiger partial charge in [0.05, 0.1) is 11.4 Å². The van der Waals surface area contributed by atoms with Crippen molar-refractivity contribution in [2.45, 2.75) is 27.7 Å². The van der Waals surface area contributed by atoms with Gasteiger partial charge < -0.3 is 9.80 Å². The molecule has 0 aliphatic rings. The molecule has 8 aromatic carbocycles. The second kappa shape index (κ2) is 12.5. The summed E-state index contributed by atoms with van der Waals surface area (Å²) in [7, 11) is 0. The molecule has 0 aliphatic carbocycles. The van der Waals surface area contributed by atoms with Crippen LogP contribution in [-0.2, 0) is 0 Å². The molecule has 0 amide bonds. The van der Waals surface area contributed by atoms with Crippen molar-refractivity contribution in [3.8, 4) is 0 Å². The normalized spacial score (nSPS) is 11.5. The summed E-state index contributed by atoms with van der Waals surface area (Å²) in [6.45, 7) is 8.69. The lowest BCUT2D eigenvalue weighted by molar-refractivity contribution is 1.27. The van der Waals surface area contributed by atoms with E-state index in [0.717, 1.165) is 22.7 Å². The molecule has 0 bridgehead atoms. The Balaban J connectivity index is 1.40. The minimum atomic E-state index is 1.15. The maximum atomic E-state index is 2.45. The van der Waals surface area contributed by atoms with Crippen LogP contribution in [0.4, 0.5) is 34.1 Å². The second-order valence-corrected chi connectivity index (χ2v) is 14.8. The maximum Gasteiger partial charge on any atom is 0.0547 e. The third-order valence-corrected chi connectivity index (χ3v) is 11.3. The van der Waals surface area contributed by atoms with Gasteiger partial charge in [0.15, 0.2) is 0 Å². The fraction of sp³-hybridized carbons (Fsp3) is 0.0833. The van der Waals surface area contributed by atoms with Crippen LogP contribution >= 0.6 is 11.3 Å². The SMILES string of the molecule is Cc1cccc(N(c2cccc(C)c2)c2cc3c4cc(N(c5cccc(C)c5)c5cccc(C)c5)c5ccccc5c4sc3c3ccccc23)c1. The van der Waals surface area contributed by atoms with Crippen LogP contribution in [0.15, 0.2) is 158 Å². The van der Waals surface area contributed by atoms with Gasteiger partial charge in [0.25, 0.3) is 0 Å². The van der Waals surface area contributed by atoms with Crippen molar-refractivity contribution in [3.63, 3.8) is 0 Å². The molecule has 0 radical (unpaired) electrons. The van der Waals surface area contributed by atoms with Crippen molar-refractivity contribution in [2.24, 2.45) is 0 Å². The number of anilines is 6. The van der Waals surface area contributed by atoms with Gasteiger partial charge in [-0.3, -0.25) is 0 Å². The number of hydrogen-bond acceptors (Lipinski definition) is 3. The molecule has 3 heteroatoms. The van der Waals surface area contributed by atoms with Crippen LogP contribution in [0.1, 0.15) is 22.3 Å². The molecule has 9 rings (SSSR count). The van der Waals surface area contributed by atoms with Crippen LogP contribution in [0.2, 0.25) is 0 Å². The van der Waals surface area contributed by atoms with Gasteiger partial charge in [0.1, 0.15) is 0 Å². The van der Waals surface area contributed by atoms with Crippen LogP contribution in [0.25, 0.3) is 41.7 Å². The molecule has 246 valence electrons. The van der Waals surface area contributed by atoms with Gasteiger partial charge in [0, 0.05) is 64.5 Å². The molecule has 0 N–H and O–H groups in total. The standard InChI is InChI=1S/C48H38N2S/c1-31-13-9-17-35(25-31)49(36-18-10-14-32(2)26-36)45-29-43-44-30-46(50(37-19-11-15-33(3)27-37)38-20-12-16-34(4)28-38)40-22-6-8-24-42(40)48(44)51-47(43)41-23-7-5-21-39(41)45/h5-30H,1-4H3. The average Bonchev–Trinajstić information content (AvgIpc) is 3.51. The Hall–Kier alpha value is -5.90. The lowest BCUT2D eigenvalue weighted by atomic mass is 9.99. The van der Waals surface area contributed by atoms with Gasteiger partial charge in [-0.05, 0) is 111 Å². The van der Waals surface area contributed by atoms with E-state index in [9.17, 15) is 0 Å². The number of nitrogens with zero attached hydrogens (tertiary/aromatic N) is 2. The minimum Gasteiger partial charge on any atom is -0.310 e. The Kier molecular flexibility index (Phi) is 7.60. The van der Waals surface area contributed by atoms with E-state index in [0.29, 0.717) is 0 Å². The summed E-state index contributed by atoms with van der Waals surface area (Å²) in [5.74, 6) is 0. The zero-order chi connectivity index (χ0) is 34.6. The molecule has 0 fully saturated rings. The van der Waals surface area contributed by atoms with E-state index in [1.807, 2.05) is 11.3 Å². The first-order valence-electron chi connectivity index (χ1n) is 17.6. The van der Waals surface area contributed by atoms with E-state index in [1.165, 1.54) is 75.3 Å². The van der Waals surface area contributed by atoms with Crippen molar-refractivity contribution in [1.29, 1.82) is 0 Å². The Morgan fingerprint density at radius 3 is 0.941 bits per heavy atom. The summed E-state index contributed by atoms with van der Waals surface area (Å²) in [5.41, 5.74) is 11.9. The van der Waals surface area contributed by atoms with Crippen molar-refractivity contribution < 1.29 is 0 Å². The number of aryl methyl sites for hydroxylation is 4. The third kappa shape index (κ3) is 5.42. The van der Waals surface area contributed by atoms with Crippen molar-refractivity contribution >= 4 is 87.2 Å². The van der Waals surface area contributed by atoms with Crippen LogP contribution < -0.4 is 9.80 Å². The molecule has 0 atom stereocenters. The van der Waals surface area contributed by atoms with Gasteiger partial charge >= 0.3 is 0 Å². The molecule has 0 spiro atoms. The Morgan fingerprint density at radius 1 is 0.314 bits per heavy atom. The van der Waals surface area contributed by atoms with E-state index < -0.39 is 0 Å².